The number of rotatable bonds is 6. The second-order valence-electron chi connectivity index (χ2n) is 4.81. The van der Waals surface area contributed by atoms with E-state index in [9.17, 15) is 9.59 Å². The number of amides is 1. The molecule has 0 aliphatic carbocycles. The molecule has 1 aromatic carbocycles. The van der Waals surface area contributed by atoms with Crippen LogP contribution in [0.15, 0.2) is 21.5 Å². The van der Waals surface area contributed by atoms with Gasteiger partial charge in [0.05, 0.1) is 30.2 Å². The van der Waals surface area contributed by atoms with Crippen molar-refractivity contribution in [1.82, 2.24) is 4.90 Å². The van der Waals surface area contributed by atoms with Gasteiger partial charge in [-0.2, -0.15) is 0 Å². The molecule has 1 amide bonds. The summed E-state index contributed by atoms with van der Waals surface area (Å²) in [5, 5.41) is 0. The number of benzene rings is 1. The third-order valence-electron chi connectivity index (χ3n) is 3.22. The van der Waals surface area contributed by atoms with Crippen molar-refractivity contribution >= 4 is 62.2 Å². The molecule has 0 radical (unpaired) electrons. The number of halogens is 1. The maximum absolute atomic E-state index is 12.5. The van der Waals surface area contributed by atoms with Gasteiger partial charge in [-0.15, -0.1) is 0 Å². The summed E-state index contributed by atoms with van der Waals surface area (Å²) in [4.78, 5) is 25.5. The Labute approximate surface area is 163 Å². The number of carbonyl (C=O) groups excluding carboxylic acids is 2. The van der Waals surface area contributed by atoms with Crippen LogP contribution in [0.4, 0.5) is 0 Å². The van der Waals surface area contributed by atoms with Gasteiger partial charge in [0.25, 0.3) is 5.91 Å². The third-order valence-corrected chi connectivity index (χ3v) is 5.19. The van der Waals surface area contributed by atoms with Gasteiger partial charge in [-0.1, -0.05) is 24.0 Å². The van der Waals surface area contributed by atoms with Gasteiger partial charge in [-0.25, -0.2) is 0 Å². The van der Waals surface area contributed by atoms with Gasteiger partial charge in [-0.05, 0) is 46.6 Å². The highest BCUT2D eigenvalue weighted by atomic mass is 79.9. The van der Waals surface area contributed by atoms with Gasteiger partial charge in [0.2, 0.25) is 0 Å². The molecule has 0 atom stereocenters. The van der Waals surface area contributed by atoms with E-state index in [0.29, 0.717) is 31.8 Å². The highest BCUT2D eigenvalue weighted by molar-refractivity contribution is 9.10. The van der Waals surface area contributed by atoms with Crippen LogP contribution in [-0.2, 0) is 14.3 Å². The summed E-state index contributed by atoms with van der Waals surface area (Å²) in [5.74, 6) is 0.293. The summed E-state index contributed by atoms with van der Waals surface area (Å²) in [6.07, 6.45) is 1.70. The van der Waals surface area contributed by atoms with Crippen molar-refractivity contribution < 1.29 is 23.8 Å². The molecule has 9 heteroatoms. The van der Waals surface area contributed by atoms with Crippen molar-refractivity contribution in [2.45, 2.75) is 6.92 Å². The Hall–Kier alpha value is -1.58. The van der Waals surface area contributed by atoms with E-state index in [1.54, 1.807) is 19.3 Å². The fourth-order valence-corrected chi connectivity index (χ4v) is 3.99. The van der Waals surface area contributed by atoms with Crippen LogP contribution in [0.25, 0.3) is 6.08 Å². The summed E-state index contributed by atoms with van der Waals surface area (Å²) >= 11 is 9.75. The summed E-state index contributed by atoms with van der Waals surface area (Å²) in [6.45, 7) is 2.15. The molecule has 1 fully saturated rings. The lowest BCUT2D eigenvalue weighted by atomic mass is 10.2. The zero-order valence-corrected chi connectivity index (χ0v) is 17.0. The predicted octanol–water partition coefficient (Wildman–Crippen LogP) is 3.23. The molecule has 0 bridgehead atoms. The van der Waals surface area contributed by atoms with Crippen LogP contribution in [0, 0.1) is 0 Å². The molecule has 134 valence electrons. The molecule has 0 saturated carbocycles. The predicted molar refractivity (Wildman–Crippen MR) is 104 cm³/mol. The van der Waals surface area contributed by atoms with E-state index in [0.717, 1.165) is 17.3 Å². The number of esters is 1. The number of thiocarbonyl (C=S) groups is 1. The van der Waals surface area contributed by atoms with E-state index in [2.05, 4.69) is 20.7 Å². The first-order valence-electron chi connectivity index (χ1n) is 7.23. The molecule has 6 nitrogen and oxygen atoms in total. The van der Waals surface area contributed by atoms with Crippen molar-refractivity contribution in [3.63, 3.8) is 0 Å². The second-order valence-corrected chi connectivity index (χ2v) is 7.34. The van der Waals surface area contributed by atoms with Crippen molar-refractivity contribution in [2.75, 3.05) is 27.4 Å². The lowest BCUT2D eigenvalue weighted by Gasteiger charge is -2.12. The zero-order valence-electron chi connectivity index (χ0n) is 13.8. The Morgan fingerprint density at radius 2 is 2.12 bits per heavy atom. The molecule has 0 N–H and O–H groups in total. The quantitative estimate of drug-likeness (QED) is 0.378. The molecule has 2 rings (SSSR count). The van der Waals surface area contributed by atoms with Gasteiger partial charge in [-0.3, -0.25) is 14.5 Å². The topological polar surface area (TPSA) is 65.1 Å². The average molecular weight is 446 g/mol. The monoisotopic (exact) mass is 445 g/mol. The number of methoxy groups -OCH3 is 2. The van der Waals surface area contributed by atoms with Crippen LogP contribution < -0.4 is 9.47 Å². The maximum Gasteiger partial charge on any atom is 0.325 e. The van der Waals surface area contributed by atoms with Crippen molar-refractivity contribution in [3.8, 4) is 11.5 Å². The summed E-state index contributed by atoms with van der Waals surface area (Å²) in [5.41, 5.74) is 0.745. The second kappa shape index (κ2) is 8.68. The van der Waals surface area contributed by atoms with E-state index in [-0.39, 0.29) is 12.5 Å². The Balaban J connectivity index is 2.33. The SMILES string of the molecule is CCOc1cc(/C=C2\SC(=S)N(CC(=O)OC)C2=O)cc(Br)c1OC. The van der Waals surface area contributed by atoms with Crippen LogP contribution in [-0.4, -0.2) is 48.5 Å². The fourth-order valence-electron chi connectivity index (χ4n) is 2.11. The van der Waals surface area contributed by atoms with Gasteiger partial charge in [0.15, 0.2) is 11.5 Å². The van der Waals surface area contributed by atoms with E-state index >= 15 is 0 Å². The largest absolute Gasteiger partial charge is 0.492 e. The molecule has 1 aromatic rings. The van der Waals surface area contributed by atoms with Gasteiger partial charge in [0.1, 0.15) is 10.9 Å². The highest BCUT2D eigenvalue weighted by Crippen LogP contribution is 2.39. The molecule has 1 aliphatic heterocycles. The molecule has 25 heavy (non-hydrogen) atoms. The van der Waals surface area contributed by atoms with Gasteiger partial charge < -0.3 is 14.2 Å². The Bertz CT molecular complexity index is 750. The van der Waals surface area contributed by atoms with E-state index in [1.165, 1.54) is 12.0 Å². The minimum Gasteiger partial charge on any atom is -0.492 e. The van der Waals surface area contributed by atoms with E-state index < -0.39 is 5.97 Å². The Kier molecular flexibility index (Phi) is 6.86. The maximum atomic E-state index is 12.5. The smallest absolute Gasteiger partial charge is 0.325 e. The lowest BCUT2D eigenvalue weighted by molar-refractivity contribution is -0.143. The summed E-state index contributed by atoms with van der Waals surface area (Å²) in [6, 6.07) is 3.59. The molecule has 0 aromatic heterocycles. The van der Waals surface area contributed by atoms with Crippen LogP contribution in [0.1, 0.15) is 12.5 Å². The van der Waals surface area contributed by atoms with Crippen molar-refractivity contribution in [2.24, 2.45) is 0 Å². The number of ether oxygens (including phenoxy) is 3. The third kappa shape index (κ3) is 4.53. The van der Waals surface area contributed by atoms with Gasteiger partial charge >= 0.3 is 5.97 Å². The highest BCUT2D eigenvalue weighted by Gasteiger charge is 2.33. The fraction of sp³-hybridized carbons (Fsp3) is 0.312. The molecule has 0 spiro atoms. The van der Waals surface area contributed by atoms with Gasteiger partial charge in [0, 0.05) is 0 Å². The van der Waals surface area contributed by atoms with Crippen LogP contribution in [0.2, 0.25) is 0 Å². The number of nitrogens with zero attached hydrogens (tertiary/aromatic N) is 1. The first-order valence-corrected chi connectivity index (χ1v) is 9.25. The van der Waals surface area contributed by atoms with E-state index in [1.807, 2.05) is 13.0 Å². The molecule has 1 saturated heterocycles. The minimum absolute atomic E-state index is 0.199. The van der Waals surface area contributed by atoms with Crippen molar-refractivity contribution in [3.05, 3.63) is 27.1 Å². The number of carbonyl (C=O) groups is 2. The molecule has 1 aliphatic rings. The molecule has 0 unspecified atom stereocenters. The molecular formula is C16H16BrNO5S2. The van der Waals surface area contributed by atoms with E-state index in [4.69, 9.17) is 21.7 Å². The normalized spacial score (nSPS) is 15.7. The average Bonchev–Trinajstić information content (AvgIpc) is 2.82. The molecular weight excluding hydrogens is 430 g/mol. The first-order chi connectivity index (χ1) is 11.9. The number of hydrogen-bond acceptors (Lipinski definition) is 7. The zero-order chi connectivity index (χ0) is 18.6. The van der Waals surface area contributed by atoms with Crippen LogP contribution >= 0.6 is 39.9 Å². The minimum atomic E-state index is -0.525. The number of thioether (sulfide) groups is 1. The summed E-state index contributed by atoms with van der Waals surface area (Å²) < 4.78 is 16.5. The lowest BCUT2D eigenvalue weighted by Crippen LogP contribution is -2.33. The Morgan fingerprint density at radius 3 is 2.72 bits per heavy atom. The first kappa shape index (κ1) is 19.7. The standard InChI is InChI=1S/C16H16BrNO5S2/c1-4-23-11-6-9(5-10(17)14(11)22-3)7-12-15(20)18(16(24)25-12)8-13(19)21-2/h5-7H,4,8H2,1-3H3/b12-7-. The summed E-state index contributed by atoms with van der Waals surface area (Å²) in [7, 11) is 2.82. The van der Waals surface area contributed by atoms with Crippen molar-refractivity contribution in [1.29, 1.82) is 0 Å². The number of hydrogen-bond donors (Lipinski definition) is 0. The molecule has 1 heterocycles. The van der Waals surface area contributed by atoms with Crippen LogP contribution in [0.3, 0.4) is 0 Å². The van der Waals surface area contributed by atoms with Crippen LogP contribution in [0.5, 0.6) is 11.5 Å². The Morgan fingerprint density at radius 1 is 1.40 bits per heavy atom.